The maximum Gasteiger partial charge on any atom is 0.260 e. The molecule has 224 valence electrons. The third kappa shape index (κ3) is 6.18. The van der Waals surface area contributed by atoms with Crippen LogP contribution < -0.4 is 15.8 Å². The van der Waals surface area contributed by atoms with E-state index in [0.717, 1.165) is 55.8 Å². The van der Waals surface area contributed by atoms with Crippen LogP contribution in [0.2, 0.25) is 0 Å². The Bertz CT molecular complexity index is 1740. The Morgan fingerprint density at radius 2 is 1.67 bits per heavy atom. The van der Waals surface area contributed by atoms with Gasteiger partial charge in [0.15, 0.2) is 0 Å². The van der Waals surface area contributed by atoms with E-state index >= 15 is 0 Å². The molecule has 1 atom stereocenters. The fraction of sp³-hybridized carbons (Fsp3) is 0.375. The smallest absolute Gasteiger partial charge is 0.260 e. The Hall–Kier alpha value is -4.09. The molecular formula is C32H37N7O3S. The number of likely N-dealkylation sites (tertiary alicyclic amines) is 1. The molecule has 2 fully saturated rings. The molecule has 4 heterocycles. The van der Waals surface area contributed by atoms with Crippen molar-refractivity contribution in [2.45, 2.75) is 31.2 Å². The van der Waals surface area contributed by atoms with Gasteiger partial charge in [-0.25, -0.2) is 4.98 Å². The van der Waals surface area contributed by atoms with Crippen LogP contribution in [0.15, 0.2) is 64.4 Å². The van der Waals surface area contributed by atoms with Crippen LogP contribution in [0.3, 0.4) is 0 Å². The number of amides is 1. The van der Waals surface area contributed by atoms with Crippen LogP contribution in [0.5, 0.6) is 0 Å². The van der Waals surface area contributed by atoms with E-state index in [1.54, 1.807) is 24.6 Å². The Balaban J connectivity index is 1.35. The fourth-order valence-electron chi connectivity index (χ4n) is 5.83. The van der Waals surface area contributed by atoms with Gasteiger partial charge >= 0.3 is 0 Å². The highest BCUT2D eigenvalue weighted by molar-refractivity contribution is 7.84. The zero-order valence-corrected chi connectivity index (χ0v) is 25.7. The summed E-state index contributed by atoms with van der Waals surface area (Å²) in [5.41, 5.74) is 4.13. The zero-order chi connectivity index (χ0) is 30.1. The summed E-state index contributed by atoms with van der Waals surface area (Å²) in [6.45, 7) is 7.27. The first-order valence-electron chi connectivity index (χ1n) is 14.7. The minimum absolute atomic E-state index is 0.0980. The zero-order valence-electron chi connectivity index (χ0n) is 24.9. The van der Waals surface area contributed by atoms with E-state index in [2.05, 4.69) is 39.3 Å². The van der Waals surface area contributed by atoms with E-state index in [-0.39, 0.29) is 18.0 Å². The molecule has 1 N–H and O–H groups in total. The molecule has 1 unspecified atom stereocenters. The largest absolute Gasteiger partial charge is 0.369 e. The second-order valence-corrected chi connectivity index (χ2v) is 12.8. The summed E-state index contributed by atoms with van der Waals surface area (Å²) in [5.74, 6) is 0.249. The van der Waals surface area contributed by atoms with Gasteiger partial charge in [0.25, 0.3) is 5.56 Å². The molecule has 2 saturated heterocycles. The second-order valence-electron chi connectivity index (χ2n) is 11.4. The molecule has 2 aromatic heterocycles. The topological polar surface area (TPSA) is 104 Å². The maximum atomic E-state index is 14.0. The summed E-state index contributed by atoms with van der Waals surface area (Å²) in [6.07, 6.45) is 5.26. The number of anilines is 3. The predicted molar refractivity (Wildman–Crippen MR) is 172 cm³/mol. The molecule has 4 aromatic rings. The fourth-order valence-corrected chi connectivity index (χ4v) is 6.43. The van der Waals surface area contributed by atoms with Crippen molar-refractivity contribution in [2.24, 2.45) is 0 Å². The standard InChI is InChI=1S/C32H37N7O3S/c1-22-18-26(43(3)42)10-11-27(22)28-19-23-20-33-32(34-24-6-8-25(9-7-24)37-16-14-36(2)15-17-37)35-30(23)39(31(28)41)21-29(40)38-12-4-5-13-38/h6-11,18-20H,4-5,12-17,21H2,1-3H3,(H,33,34,35). The van der Waals surface area contributed by atoms with E-state index in [4.69, 9.17) is 4.98 Å². The number of nitrogens with one attached hydrogen (secondary N) is 1. The number of carbonyl (C=O) groups is 1. The van der Waals surface area contributed by atoms with Gasteiger partial charge in [-0.05, 0) is 80.4 Å². The van der Waals surface area contributed by atoms with E-state index in [1.807, 2.05) is 36.1 Å². The van der Waals surface area contributed by atoms with Gasteiger partial charge in [-0.2, -0.15) is 4.98 Å². The summed E-state index contributed by atoms with van der Waals surface area (Å²) < 4.78 is 13.5. The molecule has 1 amide bonds. The van der Waals surface area contributed by atoms with Gasteiger partial charge in [0.1, 0.15) is 12.2 Å². The molecule has 0 saturated carbocycles. The number of hydrogen-bond donors (Lipinski definition) is 1. The van der Waals surface area contributed by atoms with Gasteiger partial charge in [0.2, 0.25) is 11.9 Å². The highest BCUT2D eigenvalue weighted by Gasteiger charge is 2.22. The number of aryl methyl sites for hydroxylation is 1. The van der Waals surface area contributed by atoms with Crippen LogP contribution in [0.4, 0.5) is 17.3 Å². The molecule has 0 spiro atoms. The Kier molecular flexibility index (Phi) is 8.27. The van der Waals surface area contributed by atoms with Crippen molar-refractivity contribution in [3.8, 4) is 11.1 Å². The molecule has 10 nitrogen and oxygen atoms in total. The van der Waals surface area contributed by atoms with Crippen molar-refractivity contribution in [1.82, 2.24) is 24.3 Å². The average molecular weight is 600 g/mol. The van der Waals surface area contributed by atoms with Gasteiger partial charge in [-0.15, -0.1) is 0 Å². The van der Waals surface area contributed by atoms with Gasteiger partial charge in [0, 0.05) is 89.7 Å². The number of carbonyl (C=O) groups excluding carboxylic acids is 1. The lowest BCUT2D eigenvalue weighted by atomic mass is 10.0. The number of pyridine rings is 1. The summed E-state index contributed by atoms with van der Waals surface area (Å²) in [7, 11) is 1.01. The highest BCUT2D eigenvalue weighted by Crippen LogP contribution is 2.27. The van der Waals surface area contributed by atoms with E-state index in [9.17, 15) is 13.8 Å². The lowest BCUT2D eigenvalue weighted by Gasteiger charge is -2.34. The van der Waals surface area contributed by atoms with Crippen molar-refractivity contribution < 1.29 is 9.00 Å². The van der Waals surface area contributed by atoms with Crippen LogP contribution in [-0.4, -0.2) is 87.0 Å². The Morgan fingerprint density at radius 3 is 2.35 bits per heavy atom. The highest BCUT2D eigenvalue weighted by atomic mass is 32.2. The van der Waals surface area contributed by atoms with Crippen molar-refractivity contribution in [3.63, 3.8) is 0 Å². The van der Waals surface area contributed by atoms with Crippen LogP contribution >= 0.6 is 0 Å². The van der Waals surface area contributed by atoms with Gasteiger partial charge in [-0.3, -0.25) is 18.4 Å². The quantitative estimate of drug-likeness (QED) is 0.344. The summed E-state index contributed by atoms with van der Waals surface area (Å²) in [6, 6.07) is 15.4. The summed E-state index contributed by atoms with van der Waals surface area (Å²) in [4.78, 5) is 43.8. The van der Waals surface area contributed by atoms with Crippen LogP contribution in [-0.2, 0) is 22.1 Å². The Labute approximate surface area is 253 Å². The molecule has 43 heavy (non-hydrogen) atoms. The number of likely N-dealkylation sites (N-methyl/N-ethyl adjacent to an activating group) is 1. The lowest BCUT2D eigenvalue weighted by Crippen LogP contribution is -2.44. The monoisotopic (exact) mass is 599 g/mol. The predicted octanol–water partition coefficient (Wildman–Crippen LogP) is 3.62. The number of benzene rings is 2. The Morgan fingerprint density at radius 1 is 0.953 bits per heavy atom. The molecule has 0 radical (unpaired) electrons. The third-order valence-electron chi connectivity index (χ3n) is 8.39. The average Bonchev–Trinajstić information content (AvgIpc) is 3.55. The first-order valence-corrected chi connectivity index (χ1v) is 16.3. The molecular weight excluding hydrogens is 562 g/mol. The number of fused-ring (bicyclic) bond motifs is 1. The summed E-state index contributed by atoms with van der Waals surface area (Å²) >= 11 is 0. The van der Waals surface area contributed by atoms with Crippen LogP contribution in [0.1, 0.15) is 18.4 Å². The number of rotatable bonds is 7. The van der Waals surface area contributed by atoms with Gasteiger partial charge in [-0.1, -0.05) is 6.07 Å². The maximum absolute atomic E-state index is 14.0. The molecule has 2 aliphatic rings. The minimum atomic E-state index is -1.13. The van der Waals surface area contributed by atoms with Gasteiger partial charge in [0.05, 0.1) is 0 Å². The first-order chi connectivity index (χ1) is 20.8. The van der Waals surface area contributed by atoms with E-state index < -0.39 is 10.8 Å². The van der Waals surface area contributed by atoms with Crippen LogP contribution in [0, 0.1) is 6.92 Å². The van der Waals surface area contributed by atoms with Crippen molar-refractivity contribution in [2.75, 3.05) is 62.8 Å². The second kappa shape index (κ2) is 12.3. The molecule has 0 bridgehead atoms. The number of hydrogen-bond acceptors (Lipinski definition) is 8. The summed E-state index contributed by atoms with van der Waals surface area (Å²) in [5, 5.41) is 3.93. The van der Waals surface area contributed by atoms with E-state index in [1.165, 1.54) is 10.3 Å². The van der Waals surface area contributed by atoms with Crippen molar-refractivity contribution in [1.29, 1.82) is 0 Å². The molecule has 0 aliphatic carbocycles. The van der Waals surface area contributed by atoms with Crippen LogP contribution in [0.25, 0.3) is 22.2 Å². The van der Waals surface area contributed by atoms with E-state index in [0.29, 0.717) is 40.5 Å². The van der Waals surface area contributed by atoms with Crippen molar-refractivity contribution >= 4 is 45.1 Å². The normalized spacial score (nSPS) is 16.5. The van der Waals surface area contributed by atoms with Crippen molar-refractivity contribution in [3.05, 3.63) is 70.6 Å². The number of aromatic nitrogens is 3. The minimum Gasteiger partial charge on any atom is -0.369 e. The lowest BCUT2D eigenvalue weighted by molar-refractivity contribution is -0.130. The first kappa shape index (κ1) is 29.0. The molecule has 2 aliphatic heterocycles. The SMILES string of the molecule is Cc1cc(S(C)=O)ccc1-c1cc2cnc(Nc3ccc(N4CCN(C)CC4)cc3)nc2n(CC(=O)N2CCCC2)c1=O. The number of piperazine rings is 1. The van der Waals surface area contributed by atoms with Gasteiger partial charge < -0.3 is 20.0 Å². The molecule has 11 heteroatoms. The number of nitrogens with zero attached hydrogens (tertiary/aromatic N) is 6. The molecule has 2 aromatic carbocycles. The molecule has 6 rings (SSSR count). The third-order valence-corrected chi connectivity index (χ3v) is 9.31.